The molecule has 0 saturated carbocycles. The van der Waals surface area contributed by atoms with E-state index in [0.717, 1.165) is 31.6 Å². The molecule has 1 aromatic carbocycles. The van der Waals surface area contributed by atoms with Crippen molar-refractivity contribution in [3.8, 4) is 0 Å². The third-order valence-corrected chi connectivity index (χ3v) is 3.98. The summed E-state index contributed by atoms with van der Waals surface area (Å²) in [6, 6.07) is 4.49. The van der Waals surface area contributed by atoms with E-state index in [2.05, 4.69) is 26.0 Å². The first-order valence-corrected chi connectivity index (χ1v) is 7.12. The Balaban J connectivity index is 2.30. The molecule has 19 heavy (non-hydrogen) atoms. The Labute approximate surface area is 114 Å². The molecule has 0 N–H and O–H groups in total. The van der Waals surface area contributed by atoms with E-state index in [9.17, 15) is 8.78 Å². The Bertz CT molecular complexity index is 451. The standard InChI is InChI=1S/C17H21F2/c1-3-7-12(2)13-8-4-5-9-14(13)15-10-6-11-16(18)17(15)19/h4,6,8,10-13H,3,5,7,9H2,1-2H3. The van der Waals surface area contributed by atoms with E-state index in [4.69, 9.17) is 0 Å². The van der Waals surface area contributed by atoms with E-state index < -0.39 is 11.6 Å². The zero-order valence-electron chi connectivity index (χ0n) is 11.6. The van der Waals surface area contributed by atoms with Gasteiger partial charge >= 0.3 is 0 Å². The van der Waals surface area contributed by atoms with Gasteiger partial charge in [0.25, 0.3) is 0 Å². The second-order valence-corrected chi connectivity index (χ2v) is 5.39. The van der Waals surface area contributed by atoms with Gasteiger partial charge in [-0.05, 0) is 36.3 Å². The van der Waals surface area contributed by atoms with Gasteiger partial charge in [0.2, 0.25) is 0 Å². The molecule has 1 aromatic rings. The average molecular weight is 263 g/mol. The first-order chi connectivity index (χ1) is 9.15. The lowest BCUT2D eigenvalue weighted by Crippen LogP contribution is -2.23. The maximum Gasteiger partial charge on any atom is 0.162 e. The molecule has 1 aliphatic rings. The number of halogens is 2. The minimum Gasteiger partial charge on any atom is -0.204 e. The van der Waals surface area contributed by atoms with Crippen LogP contribution in [0.1, 0.15) is 45.1 Å². The van der Waals surface area contributed by atoms with Crippen LogP contribution in [0.2, 0.25) is 0 Å². The Morgan fingerprint density at radius 2 is 2.11 bits per heavy atom. The third kappa shape index (κ3) is 3.05. The average Bonchev–Trinajstić information content (AvgIpc) is 2.42. The molecule has 0 saturated heterocycles. The van der Waals surface area contributed by atoms with E-state index in [0.29, 0.717) is 11.5 Å². The van der Waals surface area contributed by atoms with E-state index in [-0.39, 0.29) is 5.92 Å². The Morgan fingerprint density at radius 3 is 2.84 bits per heavy atom. The fraction of sp³-hybridized carbons (Fsp3) is 0.471. The summed E-state index contributed by atoms with van der Waals surface area (Å²) < 4.78 is 27.4. The minimum absolute atomic E-state index is 0.241. The molecule has 0 fully saturated rings. The lowest BCUT2D eigenvalue weighted by atomic mass is 9.72. The summed E-state index contributed by atoms with van der Waals surface area (Å²) in [6.45, 7) is 4.35. The van der Waals surface area contributed by atoms with Gasteiger partial charge in [0, 0.05) is 5.92 Å². The summed E-state index contributed by atoms with van der Waals surface area (Å²) in [6.07, 6.45) is 8.30. The summed E-state index contributed by atoms with van der Waals surface area (Å²) in [5.41, 5.74) is 0.470. The number of allylic oxidation sites excluding steroid dienone is 2. The fourth-order valence-corrected chi connectivity index (χ4v) is 3.00. The lowest BCUT2D eigenvalue weighted by molar-refractivity contribution is 0.388. The number of hydrogen-bond donors (Lipinski definition) is 0. The van der Waals surface area contributed by atoms with Gasteiger partial charge in [-0.2, -0.15) is 0 Å². The van der Waals surface area contributed by atoms with E-state index in [1.165, 1.54) is 6.07 Å². The van der Waals surface area contributed by atoms with Crippen LogP contribution in [0.5, 0.6) is 0 Å². The normalized spacial score (nSPS) is 21.6. The molecule has 0 nitrogen and oxygen atoms in total. The molecule has 1 radical (unpaired) electrons. The summed E-state index contributed by atoms with van der Waals surface area (Å²) >= 11 is 0. The van der Waals surface area contributed by atoms with Gasteiger partial charge in [-0.25, -0.2) is 8.78 Å². The fourth-order valence-electron chi connectivity index (χ4n) is 3.00. The lowest BCUT2D eigenvalue weighted by Gasteiger charge is -2.32. The van der Waals surface area contributed by atoms with Crippen LogP contribution in [0.4, 0.5) is 8.78 Å². The highest BCUT2D eigenvalue weighted by atomic mass is 19.2. The van der Waals surface area contributed by atoms with Gasteiger partial charge in [0.1, 0.15) is 0 Å². The van der Waals surface area contributed by atoms with Crippen molar-refractivity contribution in [3.05, 3.63) is 53.5 Å². The van der Waals surface area contributed by atoms with Crippen molar-refractivity contribution in [3.63, 3.8) is 0 Å². The van der Waals surface area contributed by atoms with Crippen LogP contribution in [0.3, 0.4) is 0 Å². The van der Waals surface area contributed by atoms with Gasteiger partial charge in [0.15, 0.2) is 11.6 Å². The second kappa shape index (κ2) is 6.31. The highest BCUT2D eigenvalue weighted by molar-refractivity contribution is 5.37. The third-order valence-electron chi connectivity index (χ3n) is 3.98. The molecule has 0 heterocycles. The van der Waals surface area contributed by atoms with Crippen molar-refractivity contribution in [2.45, 2.75) is 39.5 Å². The van der Waals surface area contributed by atoms with Crippen LogP contribution in [0.15, 0.2) is 30.4 Å². The quantitative estimate of drug-likeness (QED) is 0.647. The molecule has 103 valence electrons. The zero-order valence-corrected chi connectivity index (χ0v) is 11.6. The molecule has 0 spiro atoms. The monoisotopic (exact) mass is 263 g/mol. The topological polar surface area (TPSA) is 0 Å². The van der Waals surface area contributed by atoms with Gasteiger partial charge in [-0.15, -0.1) is 0 Å². The van der Waals surface area contributed by atoms with Crippen molar-refractivity contribution in [1.82, 2.24) is 0 Å². The van der Waals surface area contributed by atoms with E-state index >= 15 is 0 Å². The molecule has 0 aliphatic heterocycles. The summed E-state index contributed by atoms with van der Waals surface area (Å²) in [4.78, 5) is 0. The molecule has 2 heteroatoms. The van der Waals surface area contributed by atoms with E-state index in [1.807, 2.05) is 0 Å². The second-order valence-electron chi connectivity index (χ2n) is 5.39. The molecular weight excluding hydrogens is 242 g/mol. The summed E-state index contributed by atoms with van der Waals surface area (Å²) in [5.74, 6) is 0.326. The van der Waals surface area contributed by atoms with Crippen LogP contribution in [-0.4, -0.2) is 0 Å². The van der Waals surface area contributed by atoms with Crippen molar-refractivity contribution in [2.24, 2.45) is 11.8 Å². The number of rotatable bonds is 4. The maximum absolute atomic E-state index is 14.0. The van der Waals surface area contributed by atoms with Crippen molar-refractivity contribution < 1.29 is 8.78 Å². The largest absolute Gasteiger partial charge is 0.204 e. The molecule has 1 aliphatic carbocycles. The highest BCUT2D eigenvalue weighted by Gasteiger charge is 2.30. The molecule has 0 aromatic heterocycles. The van der Waals surface area contributed by atoms with Gasteiger partial charge < -0.3 is 0 Å². The zero-order chi connectivity index (χ0) is 13.8. The first-order valence-electron chi connectivity index (χ1n) is 7.12. The van der Waals surface area contributed by atoms with Gasteiger partial charge in [0.05, 0.1) is 0 Å². The van der Waals surface area contributed by atoms with Crippen molar-refractivity contribution in [1.29, 1.82) is 0 Å². The Kier molecular flexibility index (Phi) is 4.73. The smallest absolute Gasteiger partial charge is 0.162 e. The molecular formula is C17H21F2. The highest BCUT2D eigenvalue weighted by Crippen LogP contribution is 2.40. The molecule has 0 bridgehead atoms. The predicted octanol–water partition coefficient (Wildman–Crippen LogP) is 5.29. The summed E-state index contributed by atoms with van der Waals surface area (Å²) in [7, 11) is 0. The first kappa shape index (κ1) is 14.2. The molecule has 2 unspecified atom stereocenters. The number of hydrogen-bond acceptors (Lipinski definition) is 0. The van der Waals surface area contributed by atoms with Crippen LogP contribution < -0.4 is 0 Å². The Hall–Kier alpha value is -1.18. The summed E-state index contributed by atoms with van der Waals surface area (Å²) in [5, 5.41) is 0. The van der Waals surface area contributed by atoms with E-state index in [1.54, 1.807) is 12.1 Å². The molecule has 2 rings (SSSR count). The van der Waals surface area contributed by atoms with Crippen molar-refractivity contribution in [2.75, 3.05) is 0 Å². The van der Waals surface area contributed by atoms with Crippen LogP contribution in [0.25, 0.3) is 0 Å². The molecule has 0 amide bonds. The number of benzene rings is 1. The van der Waals surface area contributed by atoms with Gasteiger partial charge in [-0.3, -0.25) is 0 Å². The Morgan fingerprint density at radius 1 is 1.32 bits per heavy atom. The maximum atomic E-state index is 14.0. The molecule has 2 atom stereocenters. The van der Waals surface area contributed by atoms with Crippen molar-refractivity contribution >= 4 is 0 Å². The predicted molar refractivity (Wildman–Crippen MR) is 74.6 cm³/mol. The van der Waals surface area contributed by atoms with Crippen LogP contribution in [0, 0.1) is 29.4 Å². The minimum atomic E-state index is -0.749. The van der Waals surface area contributed by atoms with Gasteiger partial charge in [-0.1, -0.05) is 51.0 Å². The SMILES string of the molecule is CCCC(C)C1C=CCC[C]1c1cccc(F)c1F. The van der Waals surface area contributed by atoms with Crippen LogP contribution >= 0.6 is 0 Å². The van der Waals surface area contributed by atoms with Crippen LogP contribution in [-0.2, 0) is 0 Å².